The van der Waals surface area contributed by atoms with Crippen LogP contribution in [-0.4, -0.2) is 22.0 Å². The number of phenols is 1. The van der Waals surface area contributed by atoms with Crippen molar-refractivity contribution in [2.45, 2.75) is 18.6 Å². The SMILES string of the molecule is Oc1cccc2ccc(Oc3[c-]c(C4=N[C@H]5Cc6ccccc6-c6ccccc6[C@@H]5O4)ccc3)nc12.[Pt]. The van der Waals surface area contributed by atoms with Gasteiger partial charge in [0, 0.05) is 43.8 Å². The van der Waals surface area contributed by atoms with E-state index < -0.39 is 0 Å². The summed E-state index contributed by atoms with van der Waals surface area (Å²) in [6, 6.07) is 34.8. The third-order valence-corrected chi connectivity index (χ3v) is 6.76. The Morgan fingerprint density at radius 3 is 2.57 bits per heavy atom. The Hall–Kier alpha value is -3.95. The molecule has 0 radical (unpaired) electrons. The van der Waals surface area contributed by atoms with E-state index in [0.717, 1.165) is 22.9 Å². The molecule has 5 nitrogen and oxygen atoms in total. The molecule has 0 spiro atoms. The fourth-order valence-electron chi connectivity index (χ4n) is 5.10. The molecule has 1 aliphatic heterocycles. The summed E-state index contributed by atoms with van der Waals surface area (Å²) >= 11 is 0. The van der Waals surface area contributed by atoms with Crippen molar-refractivity contribution in [2.24, 2.45) is 4.99 Å². The van der Waals surface area contributed by atoms with E-state index in [1.165, 1.54) is 16.7 Å². The first-order valence-electron chi connectivity index (χ1n) is 11.9. The molecule has 2 aliphatic rings. The number of ether oxygens (including phenoxy) is 2. The van der Waals surface area contributed by atoms with Crippen LogP contribution in [0.3, 0.4) is 0 Å². The van der Waals surface area contributed by atoms with Gasteiger partial charge in [-0.05, 0) is 35.2 Å². The first-order chi connectivity index (χ1) is 17.7. The van der Waals surface area contributed by atoms with E-state index in [-0.39, 0.29) is 39.0 Å². The Morgan fingerprint density at radius 2 is 1.65 bits per heavy atom. The second kappa shape index (κ2) is 9.49. The minimum atomic E-state index is -0.160. The third-order valence-electron chi connectivity index (χ3n) is 6.76. The Balaban J connectivity index is 0.00000252. The topological polar surface area (TPSA) is 63.9 Å². The summed E-state index contributed by atoms with van der Waals surface area (Å²) in [5.74, 6) is 1.56. The molecule has 0 saturated carbocycles. The van der Waals surface area contributed by atoms with Crippen LogP contribution in [-0.2, 0) is 32.2 Å². The summed E-state index contributed by atoms with van der Waals surface area (Å²) in [4.78, 5) is 9.46. The van der Waals surface area contributed by atoms with Gasteiger partial charge in [0.25, 0.3) is 0 Å². The summed E-state index contributed by atoms with van der Waals surface area (Å²) < 4.78 is 12.5. The second-order valence-corrected chi connectivity index (χ2v) is 9.02. The zero-order valence-corrected chi connectivity index (χ0v) is 21.8. The molecule has 0 bridgehead atoms. The molecule has 37 heavy (non-hydrogen) atoms. The van der Waals surface area contributed by atoms with Crippen LogP contribution in [0.1, 0.15) is 22.8 Å². The summed E-state index contributed by atoms with van der Waals surface area (Å²) in [6.45, 7) is 0. The molecule has 184 valence electrons. The van der Waals surface area contributed by atoms with Crippen molar-refractivity contribution in [3.8, 4) is 28.5 Å². The van der Waals surface area contributed by atoms with Crippen LogP contribution in [0.2, 0.25) is 0 Å². The molecule has 2 atom stereocenters. The Kier molecular flexibility index (Phi) is 6.02. The third kappa shape index (κ3) is 4.20. The van der Waals surface area contributed by atoms with Crippen LogP contribution >= 0.6 is 0 Å². The molecule has 1 N–H and O–H groups in total. The van der Waals surface area contributed by atoms with Gasteiger partial charge in [-0.2, -0.15) is 0 Å². The average molecular weight is 665 g/mol. The van der Waals surface area contributed by atoms with Gasteiger partial charge in [-0.1, -0.05) is 72.3 Å². The smallest absolute Gasteiger partial charge is 0.217 e. The van der Waals surface area contributed by atoms with Crippen molar-refractivity contribution in [1.82, 2.24) is 4.98 Å². The molecule has 4 aromatic carbocycles. The molecule has 0 amide bonds. The van der Waals surface area contributed by atoms with Gasteiger partial charge >= 0.3 is 0 Å². The zero-order chi connectivity index (χ0) is 24.1. The van der Waals surface area contributed by atoms with Crippen molar-refractivity contribution in [3.05, 3.63) is 120 Å². The molecule has 5 aromatic rings. The first-order valence-corrected chi connectivity index (χ1v) is 11.9. The van der Waals surface area contributed by atoms with E-state index in [1.807, 2.05) is 30.3 Å². The molecule has 0 fully saturated rings. The van der Waals surface area contributed by atoms with Crippen molar-refractivity contribution in [3.63, 3.8) is 0 Å². The maximum Gasteiger partial charge on any atom is 0.217 e. The normalized spacial score (nSPS) is 17.4. The summed E-state index contributed by atoms with van der Waals surface area (Å²) in [7, 11) is 0. The number of rotatable bonds is 3. The molecular formula is C31H21N2O3Pt-. The van der Waals surface area contributed by atoms with Crippen LogP contribution in [0, 0.1) is 6.07 Å². The van der Waals surface area contributed by atoms with Crippen LogP contribution in [0.5, 0.6) is 17.4 Å². The van der Waals surface area contributed by atoms with E-state index in [9.17, 15) is 5.11 Å². The first kappa shape index (κ1) is 23.4. The van der Waals surface area contributed by atoms with E-state index in [0.29, 0.717) is 23.0 Å². The zero-order valence-electron chi connectivity index (χ0n) is 19.6. The van der Waals surface area contributed by atoms with Gasteiger partial charge in [-0.3, -0.25) is 4.99 Å². The van der Waals surface area contributed by atoms with Crippen LogP contribution in [0.25, 0.3) is 22.0 Å². The van der Waals surface area contributed by atoms with E-state index in [2.05, 4.69) is 59.6 Å². The largest absolute Gasteiger partial charge is 0.510 e. The number of aromatic hydroxyl groups is 1. The van der Waals surface area contributed by atoms with Crippen LogP contribution in [0.15, 0.2) is 102 Å². The molecule has 0 unspecified atom stereocenters. The van der Waals surface area contributed by atoms with Crippen molar-refractivity contribution >= 4 is 16.8 Å². The fraction of sp³-hybridized carbons (Fsp3) is 0.0968. The number of aromatic nitrogens is 1. The maximum absolute atomic E-state index is 10.1. The van der Waals surface area contributed by atoms with E-state index >= 15 is 0 Å². The number of hydrogen-bond acceptors (Lipinski definition) is 5. The van der Waals surface area contributed by atoms with Crippen LogP contribution in [0.4, 0.5) is 0 Å². The number of aliphatic imine (C=N–C) groups is 1. The number of hydrogen-bond donors (Lipinski definition) is 1. The monoisotopic (exact) mass is 664 g/mol. The van der Waals surface area contributed by atoms with Gasteiger partial charge in [0.05, 0.1) is 6.04 Å². The molecular weight excluding hydrogens is 643 g/mol. The summed E-state index contributed by atoms with van der Waals surface area (Å²) in [5, 5.41) is 11.0. The molecule has 7 rings (SSSR count). The predicted octanol–water partition coefficient (Wildman–Crippen LogP) is 6.64. The minimum Gasteiger partial charge on any atom is -0.510 e. The summed E-state index contributed by atoms with van der Waals surface area (Å²) in [6.07, 6.45) is 0.645. The number of fused-ring (bicyclic) bond motifs is 6. The summed E-state index contributed by atoms with van der Waals surface area (Å²) in [5.41, 5.74) is 6.10. The molecule has 1 aliphatic carbocycles. The van der Waals surface area contributed by atoms with Crippen molar-refractivity contribution < 1.29 is 35.6 Å². The standard InChI is InChI=1S/C31H21N2O3.Pt/c34-27-14-6-8-19-15-16-28(33-29(19)27)35-22-10-5-9-21(17-22)31-32-26-18-20-7-1-2-11-23(20)24-12-3-4-13-25(24)30(26)36-31;/h1-16,26,30,34H,18H2;/q-1;/t26-,30-;/m0./s1. The maximum atomic E-state index is 10.1. The van der Waals surface area contributed by atoms with Gasteiger partial charge in [0.15, 0.2) is 0 Å². The van der Waals surface area contributed by atoms with E-state index in [1.54, 1.807) is 18.2 Å². The van der Waals surface area contributed by atoms with Gasteiger partial charge in [0.2, 0.25) is 5.88 Å². The molecule has 6 heteroatoms. The predicted molar refractivity (Wildman–Crippen MR) is 138 cm³/mol. The molecule has 0 saturated heterocycles. The number of phenolic OH excluding ortho intramolecular Hbond substituents is 1. The van der Waals surface area contributed by atoms with Gasteiger partial charge in [-0.25, -0.2) is 4.98 Å². The second-order valence-electron chi connectivity index (χ2n) is 9.02. The van der Waals surface area contributed by atoms with Gasteiger partial charge < -0.3 is 14.6 Å². The van der Waals surface area contributed by atoms with Gasteiger partial charge in [-0.15, -0.1) is 18.2 Å². The van der Waals surface area contributed by atoms with Crippen molar-refractivity contribution in [2.75, 3.05) is 0 Å². The average Bonchev–Trinajstić information content (AvgIpc) is 3.28. The van der Waals surface area contributed by atoms with Gasteiger partial charge in [0.1, 0.15) is 23.3 Å². The Bertz CT molecular complexity index is 1670. The fourth-order valence-corrected chi connectivity index (χ4v) is 5.10. The quantitative estimate of drug-likeness (QED) is 0.220. The number of nitrogens with zero attached hydrogens (tertiary/aromatic N) is 2. The van der Waals surface area contributed by atoms with E-state index in [4.69, 9.17) is 14.5 Å². The number of benzene rings is 4. The molecule has 2 heterocycles. The van der Waals surface area contributed by atoms with Crippen molar-refractivity contribution in [1.29, 1.82) is 0 Å². The Labute approximate surface area is 228 Å². The van der Waals surface area contributed by atoms with Crippen LogP contribution < -0.4 is 4.74 Å². The Morgan fingerprint density at radius 1 is 0.838 bits per heavy atom. The number of para-hydroxylation sites is 1. The number of pyridine rings is 1. The molecule has 1 aromatic heterocycles. The minimum absolute atomic E-state index is 0.